The summed E-state index contributed by atoms with van der Waals surface area (Å²) in [4.78, 5) is 16.3. The Kier molecular flexibility index (Phi) is 9.02. The van der Waals surface area contributed by atoms with Gasteiger partial charge in [0.1, 0.15) is 18.1 Å². The maximum atomic E-state index is 12.0. The van der Waals surface area contributed by atoms with Crippen molar-refractivity contribution in [3.05, 3.63) is 96.5 Å². The molecular weight excluding hydrogens is 400 g/mol. The van der Waals surface area contributed by atoms with Gasteiger partial charge in [-0.2, -0.15) is 0 Å². The fraction of sp³-hybridized carbons (Fsp3) is 0.259. The van der Waals surface area contributed by atoms with Gasteiger partial charge < -0.3 is 14.4 Å². The lowest BCUT2D eigenvalue weighted by atomic mass is 10.00. The van der Waals surface area contributed by atoms with E-state index in [1.165, 1.54) is 0 Å². The Labute approximate surface area is 190 Å². The van der Waals surface area contributed by atoms with Gasteiger partial charge >= 0.3 is 5.97 Å². The summed E-state index contributed by atoms with van der Waals surface area (Å²) in [6, 6.07) is 11.2. The molecule has 2 aromatic heterocycles. The van der Waals surface area contributed by atoms with Crippen LogP contribution >= 0.6 is 0 Å². The van der Waals surface area contributed by atoms with E-state index in [0.29, 0.717) is 18.9 Å². The van der Waals surface area contributed by atoms with E-state index >= 15 is 0 Å². The first kappa shape index (κ1) is 24.7. The first-order chi connectivity index (χ1) is 15.4. The molecule has 0 unspecified atom stereocenters. The van der Waals surface area contributed by atoms with E-state index in [1.54, 1.807) is 24.4 Å². The summed E-state index contributed by atoms with van der Waals surface area (Å²) in [7, 11) is 0. The number of carbonyl (C=O) groups is 1. The molecule has 1 N–H and O–H groups in total. The van der Waals surface area contributed by atoms with Crippen molar-refractivity contribution in [3.8, 4) is 5.75 Å². The monoisotopic (exact) mass is 432 g/mol. The molecule has 5 heteroatoms. The normalized spacial score (nSPS) is 11.1. The van der Waals surface area contributed by atoms with Gasteiger partial charge in [-0.05, 0) is 47.4 Å². The zero-order chi connectivity index (χ0) is 23.7. The molecule has 0 fully saturated rings. The molecule has 168 valence electrons. The fourth-order valence-electron chi connectivity index (χ4n) is 3.43. The summed E-state index contributed by atoms with van der Waals surface area (Å²) < 4.78 is 7.81. The van der Waals surface area contributed by atoms with Crippen LogP contribution in [0.25, 0.3) is 10.9 Å². The molecule has 1 aromatic carbocycles. The summed E-state index contributed by atoms with van der Waals surface area (Å²) >= 11 is 0. The number of nitrogens with zero attached hydrogens (tertiary/aromatic N) is 2. The van der Waals surface area contributed by atoms with Crippen molar-refractivity contribution in [1.82, 2.24) is 9.55 Å². The van der Waals surface area contributed by atoms with E-state index in [1.807, 2.05) is 54.8 Å². The molecule has 0 bridgehead atoms. The number of aromatic nitrogens is 2. The number of allylic oxidation sites excluding steroid dienone is 2. The van der Waals surface area contributed by atoms with Gasteiger partial charge in [-0.3, -0.25) is 4.98 Å². The molecule has 0 radical (unpaired) electrons. The van der Waals surface area contributed by atoms with Crippen LogP contribution in [-0.4, -0.2) is 27.2 Å². The molecule has 5 nitrogen and oxygen atoms in total. The number of fused-ring (bicyclic) bond motifs is 1. The average molecular weight is 433 g/mol. The number of ether oxygens (including phenoxy) is 1. The Hall–Kier alpha value is -3.60. The number of pyridine rings is 1. The van der Waals surface area contributed by atoms with E-state index in [-0.39, 0.29) is 11.6 Å². The summed E-state index contributed by atoms with van der Waals surface area (Å²) in [5.41, 5.74) is 3.87. The van der Waals surface area contributed by atoms with Gasteiger partial charge in [-0.1, -0.05) is 65.1 Å². The molecule has 0 atom stereocenters. The first-order valence-electron chi connectivity index (χ1n) is 10.8. The molecule has 0 saturated carbocycles. The van der Waals surface area contributed by atoms with Crippen molar-refractivity contribution in [2.75, 3.05) is 6.61 Å². The van der Waals surface area contributed by atoms with Crippen LogP contribution in [0.2, 0.25) is 0 Å². The van der Waals surface area contributed by atoms with Gasteiger partial charge in [0.25, 0.3) is 0 Å². The van der Waals surface area contributed by atoms with Gasteiger partial charge in [-0.25, -0.2) is 4.79 Å². The van der Waals surface area contributed by atoms with Crippen molar-refractivity contribution < 1.29 is 14.6 Å². The van der Waals surface area contributed by atoms with E-state index < -0.39 is 5.97 Å². The predicted molar refractivity (Wildman–Crippen MR) is 132 cm³/mol. The number of aromatic carboxylic acids is 1. The van der Waals surface area contributed by atoms with Gasteiger partial charge in [-0.15, -0.1) is 0 Å². The van der Waals surface area contributed by atoms with Gasteiger partial charge in [0, 0.05) is 11.6 Å². The van der Waals surface area contributed by atoms with Crippen molar-refractivity contribution in [2.24, 2.45) is 0 Å². The lowest BCUT2D eigenvalue weighted by Gasteiger charge is -2.16. The Balaban J connectivity index is 0.00000176. The van der Waals surface area contributed by atoms with Crippen molar-refractivity contribution in [2.45, 2.75) is 40.2 Å². The average Bonchev–Trinajstić information content (AvgIpc) is 3.16. The lowest BCUT2D eigenvalue weighted by Crippen LogP contribution is -2.11. The lowest BCUT2D eigenvalue weighted by molar-refractivity contribution is 0.0686. The molecule has 2 heterocycles. The number of benzene rings is 1. The van der Waals surface area contributed by atoms with Crippen LogP contribution in [0.15, 0.2) is 79.6 Å². The maximum Gasteiger partial charge on any atom is 0.352 e. The van der Waals surface area contributed by atoms with Crippen molar-refractivity contribution in [1.29, 1.82) is 0 Å². The minimum Gasteiger partial charge on any atom is -0.489 e. The van der Waals surface area contributed by atoms with Crippen LogP contribution < -0.4 is 4.74 Å². The highest BCUT2D eigenvalue weighted by Gasteiger charge is 2.20. The Bertz CT molecular complexity index is 1110. The highest BCUT2D eigenvalue weighted by Crippen LogP contribution is 2.33. The number of carboxylic acids is 1. The Morgan fingerprint density at radius 1 is 1.22 bits per heavy atom. The van der Waals surface area contributed by atoms with E-state index in [2.05, 4.69) is 32.0 Å². The fourth-order valence-corrected chi connectivity index (χ4v) is 3.43. The number of hydrogen-bond donors (Lipinski definition) is 1. The van der Waals surface area contributed by atoms with Crippen LogP contribution in [0, 0.1) is 0 Å². The zero-order valence-corrected chi connectivity index (χ0v) is 19.3. The molecule has 0 spiro atoms. The van der Waals surface area contributed by atoms with Crippen LogP contribution in [0.5, 0.6) is 5.75 Å². The quantitative estimate of drug-likeness (QED) is 0.386. The third-order valence-corrected chi connectivity index (χ3v) is 4.88. The first-order valence-corrected chi connectivity index (χ1v) is 10.8. The van der Waals surface area contributed by atoms with Crippen LogP contribution in [0.4, 0.5) is 0 Å². The predicted octanol–water partition coefficient (Wildman–Crippen LogP) is 6.61. The van der Waals surface area contributed by atoms with Crippen molar-refractivity contribution in [3.63, 3.8) is 0 Å². The second-order valence-corrected chi connectivity index (χ2v) is 7.32. The van der Waals surface area contributed by atoms with Gasteiger partial charge in [0.15, 0.2) is 0 Å². The maximum absolute atomic E-state index is 12.0. The molecule has 0 aliphatic heterocycles. The molecule has 0 amide bonds. The number of rotatable bonds is 9. The highest BCUT2D eigenvalue weighted by atomic mass is 16.5. The SMILES string of the molecule is C=C/C=C(\C=C)COc1cc(C(C)C)c2c(c1)cc(C(=O)O)n2Cc1ccccn1.CC. The zero-order valence-electron chi connectivity index (χ0n) is 19.3. The van der Waals surface area contributed by atoms with Gasteiger partial charge in [0.05, 0.1) is 17.8 Å². The molecule has 0 saturated heterocycles. The van der Waals surface area contributed by atoms with E-state index in [0.717, 1.165) is 27.7 Å². The topological polar surface area (TPSA) is 64.3 Å². The summed E-state index contributed by atoms with van der Waals surface area (Å²) in [5.74, 6) is -0.102. The van der Waals surface area contributed by atoms with Crippen molar-refractivity contribution >= 4 is 16.9 Å². The summed E-state index contributed by atoms with van der Waals surface area (Å²) in [5, 5.41) is 10.6. The van der Waals surface area contributed by atoms with E-state index in [4.69, 9.17) is 4.74 Å². The third-order valence-electron chi connectivity index (χ3n) is 4.88. The summed E-state index contributed by atoms with van der Waals surface area (Å²) in [6.07, 6.45) is 6.99. The van der Waals surface area contributed by atoms with Crippen LogP contribution in [0.3, 0.4) is 0 Å². The number of carboxylic acid groups (broad SMARTS) is 1. The highest BCUT2D eigenvalue weighted by molar-refractivity contribution is 5.96. The second kappa shape index (κ2) is 11.7. The molecular formula is C27H32N2O3. The van der Waals surface area contributed by atoms with E-state index in [9.17, 15) is 9.90 Å². The van der Waals surface area contributed by atoms with Crippen LogP contribution in [0.1, 0.15) is 55.4 Å². The standard InChI is InChI=1S/C25H26N2O3.C2H6/c1-5-9-18(6-2)16-30-21-12-19-13-23(25(28)29)27(15-20-10-7-8-11-26-20)24(19)22(14-21)17(3)4;1-2/h5-14,17H,1-2,15-16H2,3-4H3,(H,28,29);1-2H3/b18-9+;. The molecule has 3 aromatic rings. The molecule has 3 rings (SSSR count). The minimum atomic E-state index is -0.970. The largest absolute Gasteiger partial charge is 0.489 e. The molecule has 32 heavy (non-hydrogen) atoms. The Morgan fingerprint density at radius 2 is 1.97 bits per heavy atom. The molecule has 0 aliphatic rings. The molecule has 0 aliphatic carbocycles. The smallest absolute Gasteiger partial charge is 0.352 e. The third kappa shape index (κ3) is 5.76. The van der Waals surface area contributed by atoms with Gasteiger partial charge in [0.2, 0.25) is 0 Å². The summed E-state index contributed by atoms with van der Waals surface area (Å²) in [6.45, 7) is 16.4. The Morgan fingerprint density at radius 3 is 2.53 bits per heavy atom. The number of hydrogen-bond acceptors (Lipinski definition) is 3. The minimum absolute atomic E-state index is 0.178. The second-order valence-electron chi connectivity index (χ2n) is 7.32. The van der Waals surface area contributed by atoms with Crippen LogP contribution in [-0.2, 0) is 6.54 Å².